The third-order valence-corrected chi connectivity index (χ3v) is 5.96. The molecule has 1 aliphatic heterocycles. The topological polar surface area (TPSA) is 65.1 Å². The molecular formula is C27H28N4O. The van der Waals surface area contributed by atoms with E-state index in [0.29, 0.717) is 12.5 Å². The van der Waals surface area contributed by atoms with E-state index in [1.807, 2.05) is 22.9 Å². The van der Waals surface area contributed by atoms with Crippen molar-refractivity contribution >= 4 is 0 Å². The summed E-state index contributed by atoms with van der Waals surface area (Å²) < 4.78 is 1.95. The first-order valence-electron chi connectivity index (χ1n) is 11.0. The number of likely N-dealkylation sites (tertiary alicyclic amines) is 1. The van der Waals surface area contributed by atoms with Gasteiger partial charge in [0, 0.05) is 42.9 Å². The number of nitrogens with zero attached hydrogens (tertiary/aromatic N) is 4. The molecule has 5 heteroatoms. The average Bonchev–Trinajstić information content (AvgIpc) is 3.27. The number of hydrogen-bond acceptors (Lipinski definition) is 4. The Kier molecular flexibility index (Phi) is 6.71. The molecule has 1 fully saturated rings. The van der Waals surface area contributed by atoms with Crippen LogP contribution in [0.3, 0.4) is 0 Å². The van der Waals surface area contributed by atoms with Crippen molar-refractivity contribution in [2.45, 2.75) is 31.7 Å². The Morgan fingerprint density at radius 3 is 2.31 bits per heavy atom. The van der Waals surface area contributed by atoms with Crippen molar-refractivity contribution in [2.75, 3.05) is 26.2 Å². The van der Waals surface area contributed by atoms with Crippen LogP contribution < -0.4 is 0 Å². The van der Waals surface area contributed by atoms with Crippen LogP contribution in [0.15, 0.2) is 60.9 Å². The summed E-state index contributed by atoms with van der Waals surface area (Å²) >= 11 is 0. The molecule has 1 saturated heterocycles. The zero-order valence-corrected chi connectivity index (χ0v) is 18.6. The highest BCUT2D eigenvalue weighted by Crippen LogP contribution is 2.29. The van der Waals surface area contributed by atoms with Gasteiger partial charge in [0.1, 0.15) is 11.9 Å². The van der Waals surface area contributed by atoms with Gasteiger partial charge in [0.15, 0.2) is 0 Å². The first-order valence-corrected chi connectivity index (χ1v) is 11.0. The lowest BCUT2D eigenvalue weighted by molar-refractivity contribution is 0.169. The van der Waals surface area contributed by atoms with E-state index < -0.39 is 0 Å². The first-order chi connectivity index (χ1) is 15.6. The average molecular weight is 425 g/mol. The van der Waals surface area contributed by atoms with Crippen LogP contribution in [-0.2, 0) is 0 Å². The Morgan fingerprint density at radius 1 is 1.06 bits per heavy atom. The molecule has 0 saturated carbocycles. The summed E-state index contributed by atoms with van der Waals surface area (Å²) in [7, 11) is 0. The van der Waals surface area contributed by atoms with E-state index in [-0.39, 0.29) is 18.6 Å². The molecule has 1 aromatic heterocycles. The van der Waals surface area contributed by atoms with Crippen molar-refractivity contribution in [3.8, 4) is 29.0 Å². The SMILES string of the molecule is CC(C)c1nccn1[C@@H](C#Cc1ccc(-c2ccc(C3CN(CC#N)C3)cc2)cc1)CO. The number of aromatic nitrogens is 2. The Balaban J connectivity index is 1.43. The van der Waals surface area contributed by atoms with Gasteiger partial charge in [0.05, 0.1) is 19.2 Å². The van der Waals surface area contributed by atoms with Crippen LogP contribution in [0, 0.1) is 23.2 Å². The molecule has 3 aromatic rings. The summed E-state index contributed by atoms with van der Waals surface area (Å²) in [6.07, 6.45) is 3.63. The van der Waals surface area contributed by atoms with Gasteiger partial charge in [-0.05, 0) is 28.8 Å². The van der Waals surface area contributed by atoms with Crippen molar-refractivity contribution in [3.05, 3.63) is 77.9 Å². The lowest BCUT2D eigenvalue weighted by Gasteiger charge is -2.37. The summed E-state index contributed by atoms with van der Waals surface area (Å²) in [4.78, 5) is 6.55. The molecule has 5 nitrogen and oxygen atoms in total. The predicted octanol–water partition coefficient (Wildman–Crippen LogP) is 4.18. The molecule has 0 radical (unpaired) electrons. The van der Waals surface area contributed by atoms with Gasteiger partial charge in [-0.2, -0.15) is 5.26 Å². The standard InChI is InChI=1S/C27H28N4O/c1-20(2)27-29-14-16-31(27)26(19-32)12-5-21-3-6-22(7-4-21)23-8-10-24(11-9-23)25-17-30(18-25)15-13-28/h3-4,6-11,14,16,20,25-26,32H,15,17-19H2,1-2H3/t26-/m0/s1. The number of aliphatic hydroxyl groups excluding tert-OH is 1. The predicted molar refractivity (Wildman–Crippen MR) is 126 cm³/mol. The number of nitriles is 1. The number of benzene rings is 2. The lowest BCUT2D eigenvalue weighted by atomic mass is 9.90. The van der Waals surface area contributed by atoms with Crippen molar-refractivity contribution in [1.82, 2.24) is 14.5 Å². The summed E-state index contributed by atoms with van der Waals surface area (Å²) in [5, 5.41) is 18.6. The fraction of sp³-hybridized carbons (Fsp3) is 0.333. The van der Waals surface area contributed by atoms with E-state index in [1.165, 1.54) is 11.1 Å². The third-order valence-electron chi connectivity index (χ3n) is 5.96. The van der Waals surface area contributed by atoms with E-state index >= 15 is 0 Å². The van der Waals surface area contributed by atoms with E-state index in [0.717, 1.165) is 30.0 Å². The van der Waals surface area contributed by atoms with Gasteiger partial charge in [0.2, 0.25) is 0 Å². The Morgan fingerprint density at radius 2 is 1.72 bits per heavy atom. The second-order valence-electron chi connectivity index (χ2n) is 8.56. The van der Waals surface area contributed by atoms with Gasteiger partial charge < -0.3 is 9.67 Å². The van der Waals surface area contributed by atoms with Gasteiger partial charge in [-0.1, -0.05) is 62.1 Å². The van der Waals surface area contributed by atoms with Crippen LogP contribution in [0.5, 0.6) is 0 Å². The van der Waals surface area contributed by atoms with Crippen LogP contribution in [0.25, 0.3) is 11.1 Å². The van der Waals surface area contributed by atoms with Crippen LogP contribution in [0.2, 0.25) is 0 Å². The van der Waals surface area contributed by atoms with Crippen molar-refractivity contribution < 1.29 is 5.11 Å². The smallest absolute Gasteiger partial charge is 0.119 e. The zero-order chi connectivity index (χ0) is 22.5. The third kappa shape index (κ3) is 4.75. The first kappa shape index (κ1) is 21.8. The van der Waals surface area contributed by atoms with Gasteiger partial charge in [-0.25, -0.2) is 4.98 Å². The minimum absolute atomic E-state index is 0.0528. The fourth-order valence-corrected chi connectivity index (χ4v) is 4.11. The van der Waals surface area contributed by atoms with Crippen LogP contribution >= 0.6 is 0 Å². The highest BCUT2D eigenvalue weighted by molar-refractivity contribution is 5.64. The molecule has 2 heterocycles. The van der Waals surface area contributed by atoms with Crippen LogP contribution in [0.1, 0.15) is 48.7 Å². The van der Waals surface area contributed by atoms with Gasteiger partial charge in [-0.15, -0.1) is 0 Å². The molecule has 0 bridgehead atoms. The molecule has 1 aliphatic rings. The molecule has 1 atom stereocenters. The normalized spacial score (nSPS) is 15.0. The maximum atomic E-state index is 9.83. The van der Waals surface area contributed by atoms with Gasteiger partial charge in [-0.3, -0.25) is 4.90 Å². The van der Waals surface area contributed by atoms with E-state index in [9.17, 15) is 5.11 Å². The van der Waals surface area contributed by atoms with E-state index in [2.05, 4.69) is 78.0 Å². The molecule has 0 spiro atoms. The zero-order valence-electron chi connectivity index (χ0n) is 18.6. The Labute approximate surface area is 190 Å². The summed E-state index contributed by atoms with van der Waals surface area (Å²) in [6, 6.07) is 18.8. The van der Waals surface area contributed by atoms with Crippen LogP contribution in [0.4, 0.5) is 0 Å². The molecule has 0 unspecified atom stereocenters. The monoisotopic (exact) mass is 424 g/mol. The number of aliphatic hydroxyl groups is 1. The lowest BCUT2D eigenvalue weighted by Crippen LogP contribution is -2.44. The Bertz CT molecular complexity index is 1140. The molecule has 162 valence electrons. The maximum absolute atomic E-state index is 9.83. The quantitative estimate of drug-likeness (QED) is 0.476. The molecule has 0 amide bonds. The fourth-order valence-electron chi connectivity index (χ4n) is 4.11. The van der Waals surface area contributed by atoms with Gasteiger partial charge in [0.25, 0.3) is 0 Å². The maximum Gasteiger partial charge on any atom is 0.119 e. The molecule has 0 aliphatic carbocycles. The Hall–Kier alpha value is -3.38. The second kappa shape index (κ2) is 9.83. The molecule has 2 aromatic carbocycles. The molecule has 32 heavy (non-hydrogen) atoms. The van der Waals surface area contributed by atoms with Crippen molar-refractivity contribution in [1.29, 1.82) is 5.26 Å². The van der Waals surface area contributed by atoms with Crippen molar-refractivity contribution in [2.24, 2.45) is 0 Å². The van der Waals surface area contributed by atoms with Crippen LogP contribution in [-0.4, -0.2) is 45.8 Å². The number of rotatable bonds is 6. The van der Waals surface area contributed by atoms with Gasteiger partial charge >= 0.3 is 0 Å². The summed E-state index contributed by atoms with van der Waals surface area (Å²) in [6.45, 7) is 6.57. The largest absolute Gasteiger partial charge is 0.393 e. The minimum Gasteiger partial charge on any atom is -0.393 e. The summed E-state index contributed by atoms with van der Waals surface area (Å²) in [5.74, 6) is 8.11. The minimum atomic E-state index is -0.308. The van der Waals surface area contributed by atoms with Crippen molar-refractivity contribution in [3.63, 3.8) is 0 Å². The molecular weight excluding hydrogens is 396 g/mol. The molecule has 4 rings (SSSR count). The number of imidazole rings is 1. The van der Waals surface area contributed by atoms with E-state index in [4.69, 9.17) is 5.26 Å². The second-order valence-corrected chi connectivity index (χ2v) is 8.56. The molecule has 1 N–H and O–H groups in total. The van der Waals surface area contributed by atoms with E-state index in [1.54, 1.807) is 6.20 Å². The number of hydrogen-bond donors (Lipinski definition) is 1. The highest BCUT2D eigenvalue weighted by Gasteiger charge is 2.27. The summed E-state index contributed by atoms with van der Waals surface area (Å²) in [5.41, 5.74) is 4.58. The highest BCUT2D eigenvalue weighted by atomic mass is 16.3.